The van der Waals surface area contributed by atoms with E-state index in [-0.39, 0.29) is 6.42 Å². The van der Waals surface area contributed by atoms with Crippen LogP contribution in [0.2, 0.25) is 0 Å². The van der Waals surface area contributed by atoms with E-state index >= 15 is 0 Å². The molecule has 14 heteroatoms. The molecule has 0 radical (unpaired) electrons. The number of carbonyl (C=O) groups excluding carboxylic acids is 1. The van der Waals surface area contributed by atoms with Crippen LogP contribution in [0.25, 0.3) is 0 Å². The molecule has 0 bridgehead atoms. The molecular weight excluding hydrogens is 426 g/mol. The van der Waals surface area contributed by atoms with Crippen LogP contribution in [0.15, 0.2) is 4.99 Å². The highest BCUT2D eigenvalue weighted by Gasteiger charge is 2.87. The van der Waals surface area contributed by atoms with Gasteiger partial charge in [-0.3, -0.25) is 0 Å². The van der Waals surface area contributed by atoms with Crippen LogP contribution in [0.5, 0.6) is 0 Å². The second-order valence-corrected chi connectivity index (χ2v) is 5.93. The Bertz CT molecular complexity index is 557. The molecule has 2 nitrogen and oxygen atoms in total. The lowest BCUT2D eigenvalue weighted by Crippen LogP contribution is -2.68. The quantitative estimate of drug-likeness (QED) is 0.156. The average Bonchev–Trinajstić information content (AvgIpc) is 2.53. The summed E-state index contributed by atoms with van der Waals surface area (Å²) in [7, 11) is 0. The molecule has 1 atom stereocenters. The van der Waals surface area contributed by atoms with E-state index in [1.54, 1.807) is 6.92 Å². The predicted molar refractivity (Wildman–Crippen MR) is 71.4 cm³/mol. The monoisotopic (exact) mass is 441 g/mol. The van der Waals surface area contributed by atoms with Gasteiger partial charge in [0, 0.05) is 6.42 Å². The van der Waals surface area contributed by atoms with Gasteiger partial charge in [0.05, 0.1) is 6.04 Å². The van der Waals surface area contributed by atoms with Crippen molar-refractivity contribution in [2.75, 3.05) is 0 Å². The first-order chi connectivity index (χ1) is 12.4. The van der Waals surface area contributed by atoms with Crippen molar-refractivity contribution in [3.8, 4) is 0 Å². The lowest BCUT2D eigenvalue weighted by molar-refractivity contribution is -0.413. The second kappa shape index (κ2) is 8.91. The van der Waals surface area contributed by atoms with Gasteiger partial charge >= 0.3 is 36.0 Å². The van der Waals surface area contributed by atoms with E-state index in [1.807, 2.05) is 0 Å². The number of alkyl halides is 12. The molecule has 0 aromatic carbocycles. The molecule has 166 valence electrons. The molecule has 0 aromatic heterocycles. The number of hydrogen-bond donors (Lipinski definition) is 0. The molecule has 1 unspecified atom stereocenters. The SMILES string of the molecule is CCCCCC(CC(F)(F)C(F)(F)C(F)(F)C(F)(F)C(F)(F)C(F)F)N=C=O. The highest BCUT2D eigenvalue weighted by Crippen LogP contribution is 2.59. The summed E-state index contributed by atoms with van der Waals surface area (Å²) in [5, 5.41) is 0. The van der Waals surface area contributed by atoms with E-state index in [9.17, 15) is 57.5 Å². The fourth-order valence-corrected chi connectivity index (χ4v) is 2.11. The van der Waals surface area contributed by atoms with E-state index in [4.69, 9.17) is 0 Å². The fourth-order valence-electron chi connectivity index (χ4n) is 2.11. The van der Waals surface area contributed by atoms with Gasteiger partial charge in [0.1, 0.15) is 0 Å². The first kappa shape index (κ1) is 26.5. The Hall–Kier alpha value is -1.46. The molecule has 0 aliphatic rings. The third-order valence-corrected chi connectivity index (χ3v) is 3.81. The van der Waals surface area contributed by atoms with Gasteiger partial charge in [-0.15, -0.1) is 0 Å². The highest BCUT2D eigenvalue weighted by atomic mass is 19.4. The minimum Gasteiger partial charge on any atom is -0.211 e. The number of nitrogens with zero attached hydrogens (tertiary/aromatic N) is 1. The van der Waals surface area contributed by atoms with Crippen molar-refractivity contribution in [1.29, 1.82) is 0 Å². The summed E-state index contributed by atoms with van der Waals surface area (Å²) in [6, 6.07) is -2.06. The van der Waals surface area contributed by atoms with Crippen LogP contribution >= 0.6 is 0 Å². The standard InChI is InChI=1S/C14H15F12NO/c1-2-3-4-5-8(27-7-28)6-10(17,18)12(21,22)14(25,26)13(23,24)11(19,20)9(15)16/h8-9H,2-6H2,1H3. The minimum absolute atomic E-state index is 0.00397. The molecule has 0 spiro atoms. The maximum Gasteiger partial charge on any atom is 0.384 e. The summed E-state index contributed by atoms with van der Waals surface area (Å²) in [5.74, 6) is -35.4. The van der Waals surface area contributed by atoms with Crippen LogP contribution in [-0.2, 0) is 4.79 Å². The van der Waals surface area contributed by atoms with E-state index in [0.717, 1.165) is 6.08 Å². The molecule has 0 heterocycles. The van der Waals surface area contributed by atoms with Crippen LogP contribution in [0.1, 0.15) is 39.0 Å². The molecule has 28 heavy (non-hydrogen) atoms. The molecule has 0 saturated carbocycles. The first-order valence-electron chi connectivity index (χ1n) is 7.68. The third-order valence-electron chi connectivity index (χ3n) is 3.81. The van der Waals surface area contributed by atoms with Crippen molar-refractivity contribution < 1.29 is 57.5 Å². The van der Waals surface area contributed by atoms with Crippen LogP contribution in [0, 0.1) is 0 Å². The van der Waals surface area contributed by atoms with Gasteiger partial charge in [-0.2, -0.15) is 43.9 Å². The van der Waals surface area contributed by atoms with Gasteiger partial charge in [-0.05, 0) is 6.42 Å². The number of aliphatic imine (C=N–C) groups is 1. The van der Waals surface area contributed by atoms with Gasteiger partial charge in [-0.1, -0.05) is 26.2 Å². The molecule has 0 rings (SSSR count). The van der Waals surface area contributed by atoms with Gasteiger partial charge in [0.2, 0.25) is 6.08 Å². The Balaban J connectivity index is 5.92. The zero-order chi connectivity index (χ0) is 22.6. The Morgan fingerprint density at radius 1 is 0.821 bits per heavy atom. The van der Waals surface area contributed by atoms with Gasteiger partial charge in [0.25, 0.3) is 0 Å². The lowest BCUT2D eigenvalue weighted by Gasteiger charge is -2.39. The first-order valence-corrected chi connectivity index (χ1v) is 7.68. The van der Waals surface area contributed by atoms with Gasteiger partial charge < -0.3 is 0 Å². The van der Waals surface area contributed by atoms with E-state index in [2.05, 4.69) is 4.99 Å². The number of rotatable bonds is 12. The number of hydrogen-bond acceptors (Lipinski definition) is 2. The zero-order valence-corrected chi connectivity index (χ0v) is 14.1. The summed E-state index contributed by atoms with van der Waals surface area (Å²) >= 11 is 0. The molecule has 0 N–H and O–H groups in total. The van der Waals surface area contributed by atoms with E-state index in [0.29, 0.717) is 12.8 Å². The maximum absolute atomic E-state index is 13.7. The Labute approximate surface area is 151 Å². The maximum atomic E-state index is 13.7. The van der Waals surface area contributed by atoms with Crippen LogP contribution in [0.3, 0.4) is 0 Å². The molecule has 0 aliphatic carbocycles. The van der Waals surface area contributed by atoms with Gasteiger partial charge in [0.15, 0.2) is 0 Å². The minimum atomic E-state index is -7.57. The van der Waals surface area contributed by atoms with Crippen molar-refractivity contribution in [3.05, 3.63) is 0 Å². The van der Waals surface area contributed by atoms with Crippen LogP contribution in [0.4, 0.5) is 52.7 Å². The van der Waals surface area contributed by atoms with Crippen molar-refractivity contribution in [2.45, 2.75) is 81.1 Å². The summed E-state index contributed by atoms with van der Waals surface area (Å²) in [5.41, 5.74) is 0. The Morgan fingerprint density at radius 3 is 1.71 bits per heavy atom. The predicted octanol–water partition coefficient (Wildman–Crippen LogP) is 6.10. The molecular formula is C14H15F12NO. The largest absolute Gasteiger partial charge is 0.384 e. The van der Waals surface area contributed by atoms with Crippen molar-refractivity contribution in [1.82, 2.24) is 0 Å². The number of halogens is 12. The molecule has 0 saturated heterocycles. The van der Waals surface area contributed by atoms with Crippen LogP contribution < -0.4 is 0 Å². The number of unbranched alkanes of at least 4 members (excludes halogenated alkanes) is 2. The normalized spacial score (nSPS) is 15.5. The average molecular weight is 441 g/mol. The summed E-state index contributed by atoms with van der Waals surface area (Å²) in [4.78, 5) is 12.9. The fraction of sp³-hybridized carbons (Fsp3) is 0.929. The second-order valence-electron chi connectivity index (χ2n) is 5.93. The van der Waals surface area contributed by atoms with E-state index in [1.165, 1.54) is 0 Å². The van der Waals surface area contributed by atoms with Crippen molar-refractivity contribution in [3.63, 3.8) is 0 Å². The summed E-state index contributed by atoms with van der Waals surface area (Å²) < 4.78 is 157. The number of isocyanates is 1. The van der Waals surface area contributed by atoms with Crippen molar-refractivity contribution >= 4 is 6.08 Å². The Kier molecular flexibility index (Phi) is 8.45. The van der Waals surface area contributed by atoms with Gasteiger partial charge in [-0.25, -0.2) is 18.6 Å². The summed E-state index contributed by atoms with van der Waals surface area (Å²) in [6.07, 6.45) is -6.94. The van der Waals surface area contributed by atoms with E-state index < -0.39 is 54.9 Å². The zero-order valence-electron chi connectivity index (χ0n) is 14.1. The topological polar surface area (TPSA) is 29.4 Å². The lowest BCUT2D eigenvalue weighted by atomic mass is 9.90. The molecule has 0 fully saturated rings. The summed E-state index contributed by atoms with van der Waals surface area (Å²) in [6.45, 7) is 1.63. The highest BCUT2D eigenvalue weighted by molar-refractivity contribution is 5.33. The Morgan fingerprint density at radius 2 is 1.32 bits per heavy atom. The van der Waals surface area contributed by atoms with Crippen molar-refractivity contribution in [2.24, 2.45) is 4.99 Å². The smallest absolute Gasteiger partial charge is 0.211 e. The third kappa shape index (κ3) is 4.74. The van der Waals surface area contributed by atoms with Crippen LogP contribution in [-0.4, -0.2) is 48.2 Å². The molecule has 0 amide bonds. The molecule has 0 aliphatic heterocycles. The molecule has 0 aromatic rings.